The zero-order valence-corrected chi connectivity index (χ0v) is 12.3. The Labute approximate surface area is 123 Å². The molecule has 0 radical (unpaired) electrons. The van der Waals surface area contributed by atoms with Gasteiger partial charge < -0.3 is 20.9 Å². The van der Waals surface area contributed by atoms with Gasteiger partial charge in [-0.25, -0.2) is 0 Å². The van der Waals surface area contributed by atoms with Gasteiger partial charge in [0.15, 0.2) is 0 Å². The minimum atomic E-state index is -0.0109. The lowest BCUT2D eigenvalue weighted by Gasteiger charge is -2.07. The molecule has 112 valence electrons. The van der Waals surface area contributed by atoms with Crippen LogP contribution in [-0.4, -0.2) is 42.3 Å². The van der Waals surface area contributed by atoms with Crippen molar-refractivity contribution >= 4 is 23.4 Å². The molecular formula is C14H22N2O3S. The Hall–Kier alpha value is -1.40. The second kappa shape index (κ2) is 10.4. The van der Waals surface area contributed by atoms with E-state index in [-0.39, 0.29) is 12.5 Å². The molecule has 0 bridgehead atoms. The molecule has 5 nitrogen and oxygen atoms in total. The molecule has 0 aliphatic carbocycles. The lowest BCUT2D eigenvalue weighted by molar-refractivity contribution is -0.121. The number of amides is 1. The lowest BCUT2D eigenvalue weighted by Crippen LogP contribution is -2.27. The Morgan fingerprint density at radius 1 is 1.30 bits per heavy atom. The maximum absolute atomic E-state index is 11.5. The van der Waals surface area contributed by atoms with E-state index in [0.29, 0.717) is 31.0 Å². The molecule has 0 fully saturated rings. The number of aliphatic hydroxyl groups is 1. The zero-order chi connectivity index (χ0) is 14.6. The second-order valence-electron chi connectivity index (χ2n) is 4.21. The van der Waals surface area contributed by atoms with Crippen LogP contribution in [0, 0.1) is 0 Å². The van der Waals surface area contributed by atoms with Crippen molar-refractivity contribution < 1.29 is 14.6 Å². The number of carbonyl (C=O) groups excluding carboxylic acids is 1. The van der Waals surface area contributed by atoms with Crippen LogP contribution in [0.15, 0.2) is 24.3 Å². The van der Waals surface area contributed by atoms with Crippen LogP contribution in [0.5, 0.6) is 5.75 Å². The van der Waals surface area contributed by atoms with E-state index in [2.05, 4.69) is 5.32 Å². The summed E-state index contributed by atoms with van der Waals surface area (Å²) in [6.45, 7) is 1.23. The van der Waals surface area contributed by atoms with E-state index in [1.54, 1.807) is 36.0 Å². The summed E-state index contributed by atoms with van der Waals surface area (Å²) in [5, 5.41) is 11.4. The Bertz CT molecular complexity index is 385. The Morgan fingerprint density at radius 2 is 2.05 bits per heavy atom. The third kappa shape index (κ3) is 7.91. The summed E-state index contributed by atoms with van der Waals surface area (Å²) in [7, 11) is 0. The molecule has 0 saturated carbocycles. The summed E-state index contributed by atoms with van der Waals surface area (Å²) < 4.78 is 5.44. The van der Waals surface area contributed by atoms with Gasteiger partial charge in [-0.1, -0.05) is 0 Å². The highest BCUT2D eigenvalue weighted by molar-refractivity contribution is 7.99. The molecule has 0 aliphatic heterocycles. The molecule has 0 unspecified atom stereocenters. The number of thioether (sulfide) groups is 1. The Kier molecular flexibility index (Phi) is 8.66. The first-order valence-corrected chi connectivity index (χ1v) is 7.81. The summed E-state index contributed by atoms with van der Waals surface area (Å²) in [5.74, 6) is 2.49. The summed E-state index contributed by atoms with van der Waals surface area (Å²) in [4.78, 5) is 11.5. The Morgan fingerprint density at radius 3 is 2.75 bits per heavy atom. The van der Waals surface area contributed by atoms with Crippen molar-refractivity contribution in [1.29, 1.82) is 0 Å². The monoisotopic (exact) mass is 298 g/mol. The first kappa shape index (κ1) is 16.7. The van der Waals surface area contributed by atoms with Gasteiger partial charge in [-0.15, -0.1) is 0 Å². The first-order valence-electron chi connectivity index (χ1n) is 6.66. The SMILES string of the molecule is Nc1ccc(OCCC(=O)NCCSCCCO)cc1. The van der Waals surface area contributed by atoms with Crippen molar-refractivity contribution in [1.82, 2.24) is 5.32 Å². The van der Waals surface area contributed by atoms with E-state index in [4.69, 9.17) is 15.6 Å². The molecule has 6 heteroatoms. The minimum absolute atomic E-state index is 0.0109. The van der Waals surface area contributed by atoms with Crippen molar-refractivity contribution in [2.24, 2.45) is 0 Å². The number of carbonyl (C=O) groups is 1. The molecule has 1 rings (SSSR count). The van der Waals surface area contributed by atoms with E-state index in [0.717, 1.165) is 17.9 Å². The quantitative estimate of drug-likeness (QED) is 0.447. The number of benzene rings is 1. The molecule has 0 saturated heterocycles. The number of nitrogens with two attached hydrogens (primary N) is 1. The van der Waals surface area contributed by atoms with Gasteiger partial charge in [-0.05, 0) is 36.4 Å². The number of hydrogen-bond acceptors (Lipinski definition) is 5. The number of ether oxygens (including phenoxy) is 1. The number of rotatable bonds is 10. The van der Waals surface area contributed by atoms with Crippen LogP contribution in [0.1, 0.15) is 12.8 Å². The van der Waals surface area contributed by atoms with E-state index in [9.17, 15) is 4.79 Å². The minimum Gasteiger partial charge on any atom is -0.493 e. The van der Waals surface area contributed by atoms with Gasteiger partial charge in [0, 0.05) is 24.6 Å². The lowest BCUT2D eigenvalue weighted by atomic mass is 10.3. The zero-order valence-electron chi connectivity index (χ0n) is 11.5. The molecular weight excluding hydrogens is 276 g/mol. The largest absolute Gasteiger partial charge is 0.493 e. The fourth-order valence-corrected chi connectivity index (χ4v) is 2.23. The van der Waals surface area contributed by atoms with Crippen LogP contribution in [0.2, 0.25) is 0 Å². The number of aliphatic hydroxyl groups excluding tert-OH is 1. The maximum Gasteiger partial charge on any atom is 0.223 e. The van der Waals surface area contributed by atoms with Crippen LogP contribution in [0.3, 0.4) is 0 Å². The van der Waals surface area contributed by atoms with Crippen LogP contribution in [-0.2, 0) is 4.79 Å². The van der Waals surface area contributed by atoms with Crippen LogP contribution < -0.4 is 15.8 Å². The topological polar surface area (TPSA) is 84.6 Å². The predicted molar refractivity (Wildman–Crippen MR) is 83.0 cm³/mol. The molecule has 1 aromatic carbocycles. The van der Waals surface area contributed by atoms with Gasteiger partial charge in [0.2, 0.25) is 5.91 Å². The molecule has 1 amide bonds. The average Bonchev–Trinajstić information content (AvgIpc) is 2.45. The van der Waals surface area contributed by atoms with Crippen molar-refractivity contribution in [3.8, 4) is 5.75 Å². The molecule has 1 aromatic rings. The number of nitrogens with one attached hydrogen (secondary N) is 1. The highest BCUT2D eigenvalue weighted by Gasteiger charge is 2.01. The fourth-order valence-electron chi connectivity index (χ4n) is 1.45. The molecule has 0 aliphatic rings. The van der Waals surface area contributed by atoms with E-state index >= 15 is 0 Å². The molecule has 4 N–H and O–H groups in total. The molecule has 0 aromatic heterocycles. The summed E-state index contributed by atoms with van der Waals surface area (Å²) in [5.41, 5.74) is 6.26. The number of nitrogen functional groups attached to an aromatic ring is 1. The van der Waals surface area contributed by atoms with Gasteiger partial charge in [0.05, 0.1) is 13.0 Å². The van der Waals surface area contributed by atoms with E-state index in [1.807, 2.05) is 0 Å². The summed E-state index contributed by atoms with van der Waals surface area (Å²) in [6.07, 6.45) is 1.14. The normalized spacial score (nSPS) is 10.2. The van der Waals surface area contributed by atoms with Crippen LogP contribution in [0.25, 0.3) is 0 Å². The number of hydrogen-bond donors (Lipinski definition) is 3. The smallest absolute Gasteiger partial charge is 0.223 e. The molecule has 0 spiro atoms. The van der Waals surface area contributed by atoms with Crippen molar-refractivity contribution in [3.63, 3.8) is 0 Å². The van der Waals surface area contributed by atoms with E-state index in [1.165, 1.54) is 0 Å². The average molecular weight is 298 g/mol. The number of anilines is 1. The van der Waals surface area contributed by atoms with Crippen molar-refractivity contribution in [2.75, 3.05) is 37.0 Å². The van der Waals surface area contributed by atoms with Gasteiger partial charge >= 0.3 is 0 Å². The van der Waals surface area contributed by atoms with Gasteiger partial charge in [-0.2, -0.15) is 11.8 Å². The highest BCUT2D eigenvalue weighted by atomic mass is 32.2. The van der Waals surface area contributed by atoms with E-state index < -0.39 is 0 Å². The Balaban J connectivity index is 2.01. The predicted octanol–water partition coefficient (Wildman–Crippen LogP) is 1.27. The van der Waals surface area contributed by atoms with Crippen LogP contribution >= 0.6 is 11.8 Å². The third-order valence-electron chi connectivity index (χ3n) is 2.49. The molecule has 0 atom stereocenters. The van der Waals surface area contributed by atoms with Gasteiger partial charge in [-0.3, -0.25) is 4.79 Å². The fraction of sp³-hybridized carbons (Fsp3) is 0.500. The molecule has 0 heterocycles. The third-order valence-corrected chi connectivity index (χ3v) is 3.56. The van der Waals surface area contributed by atoms with Crippen molar-refractivity contribution in [3.05, 3.63) is 24.3 Å². The second-order valence-corrected chi connectivity index (χ2v) is 5.43. The summed E-state index contributed by atoms with van der Waals surface area (Å²) >= 11 is 1.72. The summed E-state index contributed by atoms with van der Waals surface area (Å²) in [6, 6.07) is 7.09. The van der Waals surface area contributed by atoms with Crippen molar-refractivity contribution in [2.45, 2.75) is 12.8 Å². The standard InChI is InChI=1S/C14H22N2O3S/c15-12-2-4-13(5-3-12)19-9-6-14(18)16-7-11-20-10-1-8-17/h2-5,17H,1,6-11,15H2,(H,16,18). The van der Waals surface area contributed by atoms with Gasteiger partial charge in [0.1, 0.15) is 5.75 Å². The van der Waals surface area contributed by atoms with Gasteiger partial charge in [0.25, 0.3) is 0 Å². The highest BCUT2D eigenvalue weighted by Crippen LogP contribution is 2.13. The maximum atomic E-state index is 11.5. The molecule has 20 heavy (non-hydrogen) atoms. The first-order chi connectivity index (χ1) is 9.72. The van der Waals surface area contributed by atoms with Crippen LogP contribution in [0.4, 0.5) is 5.69 Å².